The van der Waals surface area contributed by atoms with E-state index in [1.807, 2.05) is 12.3 Å². The van der Waals surface area contributed by atoms with Gasteiger partial charge in [0.2, 0.25) is 0 Å². The normalized spacial score (nSPS) is 12.5. The molecule has 0 radical (unpaired) electrons. The molecule has 0 aliphatic rings. The van der Waals surface area contributed by atoms with Crippen LogP contribution in [0.2, 0.25) is 0 Å². The molecule has 0 atom stereocenters. The van der Waals surface area contributed by atoms with Crippen molar-refractivity contribution in [1.29, 1.82) is 0 Å². The van der Waals surface area contributed by atoms with Crippen LogP contribution in [0.15, 0.2) is 121 Å². The molecule has 0 amide bonds. The van der Waals surface area contributed by atoms with Crippen molar-refractivity contribution in [2.24, 2.45) is 0 Å². The maximum Gasteiger partial charge on any atom is 0.119 e. The van der Waals surface area contributed by atoms with Gasteiger partial charge in [0.25, 0.3) is 0 Å². The van der Waals surface area contributed by atoms with Crippen molar-refractivity contribution in [3.05, 3.63) is 133 Å². The molecule has 0 aliphatic heterocycles. The minimum absolute atomic E-state index is 0.0401. The zero-order valence-corrected chi connectivity index (χ0v) is 29.8. The predicted molar refractivity (Wildman–Crippen MR) is 212 cm³/mol. The molecule has 6 heteroatoms. The summed E-state index contributed by atoms with van der Waals surface area (Å²) in [5.41, 5.74) is 13.5. The predicted octanol–water partition coefficient (Wildman–Crippen LogP) is 11.5. The molecule has 0 fully saturated rings. The van der Waals surface area contributed by atoms with Crippen LogP contribution in [0.1, 0.15) is 52.7 Å². The quantitative estimate of drug-likeness (QED) is 0.197. The molecule has 9 rings (SSSR count). The van der Waals surface area contributed by atoms with E-state index < -0.39 is 0 Å². The van der Waals surface area contributed by atoms with E-state index in [-0.39, 0.29) is 10.8 Å². The highest BCUT2D eigenvalue weighted by molar-refractivity contribution is 6.11. The Morgan fingerprint density at radius 3 is 2.14 bits per heavy atom. The fourth-order valence-electron chi connectivity index (χ4n) is 7.26. The summed E-state index contributed by atoms with van der Waals surface area (Å²) in [5, 5.41) is 17.5. The zero-order valence-electron chi connectivity index (χ0n) is 29.8. The van der Waals surface area contributed by atoms with Crippen LogP contribution < -0.4 is 0 Å². The van der Waals surface area contributed by atoms with Crippen molar-refractivity contribution in [3.8, 4) is 39.5 Å². The highest BCUT2D eigenvalue weighted by Crippen LogP contribution is 2.40. The summed E-state index contributed by atoms with van der Waals surface area (Å²) >= 11 is 0. The molecule has 4 heterocycles. The first-order valence-electron chi connectivity index (χ1n) is 17.6. The Kier molecular flexibility index (Phi) is 6.84. The number of hydrogen-bond acceptors (Lipinski definition) is 3. The SMILES string of the molecule is CC(C)(C)c1ccc2[nH]c3c(-n4nc(-c5cc(-c6ccccc6)cc(-c6cccc7cn[nH]c67)n5)c5ccccc54)cc(C(C)(C)C)cc3c2c1. The van der Waals surface area contributed by atoms with E-state index in [1.165, 1.54) is 21.9 Å². The van der Waals surface area contributed by atoms with Gasteiger partial charge in [0.05, 0.1) is 39.8 Å². The fraction of sp³-hybridized carbons (Fsp3) is 0.178. The van der Waals surface area contributed by atoms with Crippen molar-refractivity contribution in [3.63, 3.8) is 0 Å². The number of pyridine rings is 1. The lowest BCUT2D eigenvalue weighted by molar-refractivity contribution is 0.590. The maximum atomic E-state index is 5.47. The maximum absolute atomic E-state index is 5.47. The topological polar surface area (TPSA) is 75.2 Å². The van der Waals surface area contributed by atoms with Gasteiger partial charge in [-0.05, 0) is 75.5 Å². The van der Waals surface area contributed by atoms with Gasteiger partial charge in [0, 0.05) is 32.6 Å². The number of rotatable bonds is 4. The third kappa shape index (κ3) is 5.21. The molecule has 250 valence electrons. The van der Waals surface area contributed by atoms with Gasteiger partial charge in [-0.25, -0.2) is 9.67 Å². The molecule has 51 heavy (non-hydrogen) atoms. The van der Waals surface area contributed by atoms with Gasteiger partial charge < -0.3 is 4.98 Å². The number of fused-ring (bicyclic) bond motifs is 5. The summed E-state index contributed by atoms with van der Waals surface area (Å²) in [6.07, 6.45) is 1.86. The fourth-order valence-corrected chi connectivity index (χ4v) is 7.26. The number of hydrogen-bond donors (Lipinski definition) is 2. The van der Waals surface area contributed by atoms with Crippen molar-refractivity contribution in [1.82, 2.24) is 29.9 Å². The molecule has 6 nitrogen and oxygen atoms in total. The van der Waals surface area contributed by atoms with E-state index in [4.69, 9.17) is 10.1 Å². The highest BCUT2D eigenvalue weighted by atomic mass is 15.3. The Labute approximate surface area is 297 Å². The first kappa shape index (κ1) is 31.0. The van der Waals surface area contributed by atoms with Crippen LogP contribution in [0.5, 0.6) is 0 Å². The summed E-state index contributed by atoms with van der Waals surface area (Å²) in [6.45, 7) is 13.7. The summed E-state index contributed by atoms with van der Waals surface area (Å²) < 4.78 is 2.12. The van der Waals surface area contributed by atoms with Gasteiger partial charge >= 0.3 is 0 Å². The molecule has 4 aromatic heterocycles. The molecular weight excluding hydrogens is 625 g/mol. The molecular formula is C45H40N6. The second-order valence-electron chi connectivity index (χ2n) is 15.7. The van der Waals surface area contributed by atoms with Crippen LogP contribution in [0.3, 0.4) is 0 Å². The molecule has 0 spiro atoms. The number of para-hydroxylation sites is 2. The first-order chi connectivity index (χ1) is 24.5. The van der Waals surface area contributed by atoms with Crippen molar-refractivity contribution in [2.75, 3.05) is 0 Å². The van der Waals surface area contributed by atoms with Crippen molar-refractivity contribution in [2.45, 2.75) is 52.4 Å². The average molecular weight is 665 g/mol. The van der Waals surface area contributed by atoms with Crippen LogP contribution in [0, 0.1) is 0 Å². The Morgan fingerprint density at radius 1 is 0.588 bits per heavy atom. The van der Waals surface area contributed by atoms with Crippen LogP contribution in [0.4, 0.5) is 0 Å². The highest BCUT2D eigenvalue weighted by Gasteiger charge is 2.24. The van der Waals surface area contributed by atoms with Crippen LogP contribution >= 0.6 is 0 Å². The summed E-state index contributed by atoms with van der Waals surface area (Å²) in [4.78, 5) is 9.15. The Hall–Kier alpha value is -6.01. The van der Waals surface area contributed by atoms with Crippen LogP contribution in [-0.2, 0) is 10.8 Å². The van der Waals surface area contributed by atoms with E-state index in [9.17, 15) is 0 Å². The molecule has 2 N–H and O–H groups in total. The van der Waals surface area contributed by atoms with Crippen LogP contribution in [-0.4, -0.2) is 29.9 Å². The van der Waals surface area contributed by atoms with Gasteiger partial charge in [-0.2, -0.15) is 10.2 Å². The number of aromatic amines is 2. The van der Waals surface area contributed by atoms with E-state index >= 15 is 0 Å². The van der Waals surface area contributed by atoms with Gasteiger partial charge in [-0.1, -0.05) is 114 Å². The van der Waals surface area contributed by atoms with Gasteiger partial charge in [0.15, 0.2) is 0 Å². The van der Waals surface area contributed by atoms with Gasteiger partial charge in [0.1, 0.15) is 5.69 Å². The summed E-state index contributed by atoms with van der Waals surface area (Å²) in [7, 11) is 0. The van der Waals surface area contributed by atoms with E-state index in [1.54, 1.807) is 0 Å². The van der Waals surface area contributed by atoms with Crippen LogP contribution in [0.25, 0.3) is 83.1 Å². The number of nitrogens with one attached hydrogen (secondary N) is 2. The molecule has 0 saturated carbocycles. The minimum Gasteiger partial charge on any atom is -0.353 e. The monoisotopic (exact) mass is 664 g/mol. The Morgan fingerprint density at radius 2 is 1.33 bits per heavy atom. The van der Waals surface area contributed by atoms with E-state index in [0.717, 1.165) is 72.3 Å². The molecule has 0 unspecified atom stereocenters. The van der Waals surface area contributed by atoms with E-state index in [0.29, 0.717) is 0 Å². The number of nitrogens with zero attached hydrogens (tertiary/aromatic N) is 4. The van der Waals surface area contributed by atoms with Crippen molar-refractivity contribution < 1.29 is 0 Å². The average Bonchev–Trinajstić information content (AvgIpc) is 3.86. The second-order valence-corrected chi connectivity index (χ2v) is 15.7. The lowest BCUT2D eigenvalue weighted by Crippen LogP contribution is -2.12. The Bertz CT molecular complexity index is 2760. The van der Waals surface area contributed by atoms with Gasteiger partial charge in [-0.3, -0.25) is 5.10 Å². The third-order valence-corrected chi connectivity index (χ3v) is 10.2. The molecule has 0 aliphatic carbocycles. The minimum atomic E-state index is -0.0753. The summed E-state index contributed by atoms with van der Waals surface area (Å²) in [6, 6.07) is 41.1. The zero-order chi connectivity index (χ0) is 35.1. The standard InChI is InChI=1S/C45H40N6/c1-44(2,3)30-19-20-36-34(23-30)35-24-31(45(4,5)6)25-40(43(35)48-36)51-39-18-11-10-16-33(39)42(50-51)38-22-29(27-13-8-7-9-14-27)21-37(47-38)32-17-12-15-28-26-46-49-41(28)32/h7-26,48H,1-6H3,(H,46,49). The van der Waals surface area contributed by atoms with E-state index in [2.05, 4.69) is 171 Å². The number of benzene rings is 5. The second kappa shape index (κ2) is 11.3. The molecule has 9 aromatic rings. The molecule has 0 bridgehead atoms. The lowest BCUT2D eigenvalue weighted by Gasteiger charge is -2.21. The number of H-pyrrole nitrogens is 2. The molecule has 0 saturated heterocycles. The van der Waals surface area contributed by atoms with Gasteiger partial charge in [-0.15, -0.1) is 0 Å². The third-order valence-electron chi connectivity index (χ3n) is 10.2. The largest absolute Gasteiger partial charge is 0.353 e. The lowest BCUT2D eigenvalue weighted by atomic mass is 9.84. The number of aromatic nitrogens is 6. The first-order valence-corrected chi connectivity index (χ1v) is 17.6. The smallest absolute Gasteiger partial charge is 0.119 e. The summed E-state index contributed by atoms with van der Waals surface area (Å²) in [5.74, 6) is 0. The molecule has 5 aromatic carbocycles. The Balaban J connectivity index is 1.32. The van der Waals surface area contributed by atoms with Crippen molar-refractivity contribution >= 4 is 43.6 Å².